The maximum absolute atomic E-state index is 11.7. The molecule has 4 nitrogen and oxygen atoms in total. The van der Waals surface area contributed by atoms with Crippen LogP contribution in [0.25, 0.3) is 0 Å². The second kappa shape index (κ2) is 6.75. The molecule has 1 rings (SSSR count). The van der Waals surface area contributed by atoms with E-state index in [-0.39, 0.29) is 17.6 Å². The second-order valence-corrected chi connectivity index (χ2v) is 6.28. The molecule has 0 fully saturated rings. The number of carbonyl (C=O) groups is 1. The Labute approximate surface area is 121 Å². The third-order valence-corrected chi connectivity index (χ3v) is 2.62. The quantitative estimate of drug-likeness (QED) is 0.870. The highest BCUT2D eigenvalue weighted by Gasteiger charge is 2.15. The first-order valence-corrected chi connectivity index (χ1v) is 6.98. The van der Waals surface area contributed by atoms with Gasteiger partial charge in [0.1, 0.15) is 11.4 Å². The largest absolute Gasteiger partial charge is 0.488 e. The fourth-order valence-electron chi connectivity index (χ4n) is 1.79. The topological polar surface area (TPSA) is 64.4 Å². The zero-order valence-electron chi connectivity index (χ0n) is 13.1. The molecule has 3 N–H and O–H groups in total. The van der Waals surface area contributed by atoms with E-state index in [0.717, 1.165) is 16.9 Å². The Kier molecular flexibility index (Phi) is 5.57. The molecule has 0 saturated heterocycles. The maximum Gasteiger partial charge on any atom is 0.221 e. The molecule has 4 heteroatoms. The smallest absolute Gasteiger partial charge is 0.221 e. The van der Waals surface area contributed by atoms with Gasteiger partial charge in [-0.15, -0.1) is 0 Å². The predicted molar refractivity (Wildman–Crippen MR) is 81.7 cm³/mol. The Hall–Kier alpha value is -1.55. The number of ether oxygens (including phenoxy) is 1. The normalized spacial score (nSPS) is 12.9. The molecule has 0 heterocycles. The van der Waals surface area contributed by atoms with Crippen LogP contribution in [0.4, 0.5) is 0 Å². The molecular weight excluding hydrogens is 252 g/mol. The molecule has 0 radical (unpaired) electrons. The zero-order chi connectivity index (χ0) is 15.3. The molecular formula is C16H26N2O2. The van der Waals surface area contributed by atoms with E-state index in [1.54, 1.807) is 0 Å². The summed E-state index contributed by atoms with van der Waals surface area (Å²) in [6.07, 6.45) is 0.335. The van der Waals surface area contributed by atoms with Crippen molar-refractivity contribution in [3.05, 3.63) is 29.3 Å². The first-order chi connectivity index (χ1) is 9.17. The molecule has 0 aliphatic carbocycles. The number of nitrogens with one attached hydrogen (secondary N) is 1. The van der Waals surface area contributed by atoms with E-state index < -0.39 is 0 Å². The molecule has 0 bridgehead atoms. The third kappa shape index (κ3) is 6.06. The number of benzene rings is 1. The van der Waals surface area contributed by atoms with E-state index >= 15 is 0 Å². The average Bonchev–Trinajstić information content (AvgIpc) is 2.24. The molecule has 112 valence electrons. The minimum atomic E-state index is -0.266. The fourth-order valence-corrected chi connectivity index (χ4v) is 1.79. The van der Waals surface area contributed by atoms with Crippen LogP contribution in [0, 0.1) is 6.92 Å². The Morgan fingerprint density at radius 2 is 2.05 bits per heavy atom. The summed E-state index contributed by atoms with van der Waals surface area (Å²) in [5.41, 5.74) is 7.45. The lowest BCUT2D eigenvalue weighted by Gasteiger charge is -2.24. The van der Waals surface area contributed by atoms with E-state index in [4.69, 9.17) is 10.5 Å². The van der Waals surface area contributed by atoms with Crippen molar-refractivity contribution >= 4 is 5.91 Å². The van der Waals surface area contributed by atoms with Gasteiger partial charge in [-0.05, 0) is 46.2 Å². The summed E-state index contributed by atoms with van der Waals surface area (Å²) in [6.45, 7) is 10.3. The van der Waals surface area contributed by atoms with E-state index in [1.807, 2.05) is 52.8 Å². The molecule has 1 amide bonds. The van der Waals surface area contributed by atoms with E-state index in [9.17, 15) is 4.79 Å². The standard InChI is InChI=1S/C16H26N2O2/c1-11-6-7-13(10-18-15(19)9-12(2)17)14(8-11)20-16(3,4)5/h6-8,12H,9-10,17H2,1-5H3,(H,18,19). The lowest BCUT2D eigenvalue weighted by molar-refractivity contribution is -0.121. The van der Waals surface area contributed by atoms with Crippen molar-refractivity contribution in [2.45, 2.75) is 59.2 Å². The lowest BCUT2D eigenvalue weighted by atomic mass is 10.1. The predicted octanol–water partition coefficient (Wildman–Crippen LogP) is 2.53. The van der Waals surface area contributed by atoms with E-state index in [1.165, 1.54) is 0 Å². The summed E-state index contributed by atoms with van der Waals surface area (Å²) in [5.74, 6) is 0.779. The average molecular weight is 278 g/mol. The third-order valence-electron chi connectivity index (χ3n) is 2.62. The summed E-state index contributed by atoms with van der Waals surface area (Å²) >= 11 is 0. The van der Waals surface area contributed by atoms with Crippen LogP contribution in [-0.2, 0) is 11.3 Å². The van der Waals surface area contributed by atoms with Crippen LogP contribution in [-0.4, -0.2) is 17.6 Å². The highest BCUT2D eigenvalue weighted by molar-refractivity contribution is 5.76. The Morgan fingerprint density at radius 1 is 1.40 bits per heavy atom. The van der Waals surface area contributed by atoms with Gasteiger partial charge in [-0.2, -0.15) is 0 Å². The van der Waals surface area contributed by atoms with E-state index in [2.05, 4.69) is 5.32 Å². The van der Waals surface area contributed by atoms with Crippen LogP contribution >= 0.6 is 0 Å². The molecule has 1 atom stereocenters. The molecule has 0 spiro atoms. The number of hydrogen-bond acceptors (Lipinski definition) is 3. The van der Waals surface area contributed by atoms with Gasteiger partial charge in [0.15, 0.2) is 0 Å². The van der Waals surface area contributed by atoms with Crippen molar-refractivity contribution in [1.29, 1.82) is 0 Å². The highest BCUT2D eigenvalue weighted by Crippen LogP contribution is 2.24. The van der Waals surface area contributed by atoms with Crippen molar-refractivity contribution in [2.24, 2.45) is 5.73 Å². The van der Waals surface area contributed by atoms with Crippen molar-refractivity contribution in [3.8, 4) is 5.75 Å². The minimum Gasteiger partial charge on any atom is -0.488 e. The molecule has 1 unspecified atom stereocenters. The van der Waals surface area contributed by atoms with Gasteiger partial charge in [0.2, 0.25) is 5.91 Å². The molecule has 1 aromatic rings. The monoisotopic (exact) mass is 278 g/mol. The van der Waals surface area contributed by atoms with Gasteiger partial charge >= 0.3 is 0 Å². The molecule has 1 aromatic carbocycles. The van der Waals surface area contributed by atoms with Crippen LogP contribution in [0.3, 0.4) is 0 Å². The minimum absolute atomic E-state index is 0.0396. The lowest BCUT2D eigenvalue weighted by Crippen LogP contribution is -2.30. The number of rotatable bonds is 5. The summed E-state index contributed by atoms with van der Waals surface area (Å²) in [6, 6.07) is 5.88. The van der Waals surface area contributed by atoms with Crippen molar-refractivity contribution in [2.75, 3.05) is 0 Å². The number of nitrogens with two attached hydrogens (primary N) is 1. The maximum atomic E-state index is 11.7. The van der Waals surface area contributed by atoms with Crippen LogP contribution in [0.1, 0.15) is 45.2 Å². The van der Waals surface area contributed by atoms with Crippen LogP contribution in [0.5, 0.6) is 5.75 Å². The Morgan fingerprint density at radius 3 is 2.60 bits per heavy atom. The second-order valence-electron chi connectivity index (χ2n) is 6.28. The fraction of sp³-hybridized carbons (Fsp3) is 0.562. The number of hydrogen-bond donors (Lipinski definition) is 2. The van der Waals surface area contributed by atoms with Crippen LogP contribution in [0.2, 0.25) is 0 Å². The van der Waals surface area contributed by atoms with Gasteiger partial charge in [-0.1, -0.05) is 12.1 Å². The van der Waals surface area contributed by atoms with Crippen molar-refractivity contribution < 1.29 is 9.53 Å². The molecule has 0 aliphatic rings. The van der Waals surface area contributed by atoms with Crippen LogP contribution in [0.15, 0.2) is 18.2 Å². The van der Waals surface area contributed by atoms with Crippen molar-refractivity contribution in [1.82, 2.24) is 5.32 Å². The summed E-state index contributed by atoms with van der Waals surface area (Å²) in [4.78, 5) is 11.7. The van der Waals surface area contributed by atoms with Gasteiger partial charge in [-0.25, -0.2) is 0 Å². The van der Waals surface area contributed by atoms with Gasteiger partial charge in [-0.3, -0.25) is 4.79 Å². The first-order valence-electron chi connectivity index (χ1n) is 6.98. The SMILES string of the molecule is Cc1ccc(CNC(=O)CC(C)N)c(OC(C)(C)C)c1. The van der Waals surface area contributed by atoms with E-state index in [0.29, 0.717) is 13.0 Å². The molecule has 0 aromatic heterocycles. The van der Waals surface area contributed by atoms with Gasteiger partial charge in [0.25, 0.3) is 0 Å². The van der Waals surface area contributed by atoms with Gasteiger partial charge in [0, 0.05) is 24.6 Å². The summed E-state index contributed by atoms with van der Waals surface area (Å²) in [7, 11) is 0. The van der Waals surface area contributed by atoms with Gasteiger partial charge in [0.05, 0.1) is 0 Å². The number of aryl methyl sites for hydroxylation is 1. The van der Waals surface area contributed by atoms with Gasteiger partial charge < -0.3 is 15.8 Å². The summed E-state index contributed by atoms with van der Waals surface area (Å²) in [5, 5.41) is 2.88. The molecule has 0 saturated carbocycles. The van der Waals surface area contributed by atoms with Crippen molar-refractivity contribution in [3.63, 3.8) is 0 Å². The first kappa shape index (κ1) is 16.5. The Bertz CT molecular complexity index is 462. The number of carbonyl (C=O) groups excluding carboxylic acids is 1. The van der Waals surface area contributed by atoms with Crippen LogP contribution < -0.4 is 15.8 Å². The highest BCUT2D eigenvalue weighted by atomic mass is 16.5. The Balaban J connectivity index is 2.76. The number of amides is 1. The molecule has 0 aliphatic heterocycles. The summed E-state index contributed by atoms with van der Waals surface area (Å²) < 4.78 is 5.95. The zero-order valence-corrected chi connectivity index (χ0v) is 13.1. The molecule has 20 heavy (non-hydrogen) atoms.